The fraction of sp³-hybridized carbons (Fsp3) is 0.375. The summed E-state index contributed by atoms with van der Waals surface area (Å²) in [6.45, 7) is 5.33. The SMILES string of the molecule is CC(C)C(C)(O)CNC(=O)C(=O)Nc1ccc2[nH]ccc2c1. The molecule has 1 atom stereocenters. The summed E-state index contributed by atoms with van der Waals surface area (Å²) in [6.07, 6.45) is 1.80. The summed E-state index contributed by atoms with van der Waals surface area (Å²) < 4.78 is 0. The molecule has 0 bridgehead atoms. The van der Waals surface area contributed by atoms with Gasteiger partial charge in [-0.2, -0.15) is 0 Å². The van der Waals surface area contributed by atoms with Crippen molar-refractivity contribution in [3.05, 3.63) is 30.5 Å². The number of hydrogen-bond donors (Lipinski definition) is 4. The number of H-pyrrole nitrogens is 1. The van der Waals surface area contributed by atoms with Crippen molar-refractivity contribution in [2.45, 2.75) is 26.4 Å². The fourth-order valence-electron chi connectivity index (χ4n) is 1.86. The molecule has 0 radical (unpaired) electrons. The number of amides is 2. The van der Waals surface area contributed by atoms with E-state index in [1.165, 1.54) is 0 Å². The molecule has 2 amide bonds. The molecule has 6 heteroatoms. The zero-order valence-electron chi connectivity index (χ0n) is 12.9. The van der Waals surface area contributed by atoms with Gasteiger partial charge in [0, 0.05) is 29.3 Å². The smallest absolute Gasteiger partial charge is 0.313 e. The maximum absolute atomic E-state index is 11.9. The third-order valence-electron chi connectivity index (χ3n) is 3.87. The van der Waals surface area contributed by atoms with Gasteiger partial charge in [-0.05, 0) is 37.1 Å². The third-order valence-corrected chi connectivity index (χ3v) is 3.87. The van der Waals surface area contributed by atoms with Crippen LogP contribution in [0.4, 0.5) is 5.69 Å². The van der Waals surface area contributed by atoms with E-state index in [9.17, 15) is 14.7 Å². The van der Waals surface area contributed by atoms with Crippen LogP contribution in [0.5, 0.6) is 0 Å². The van der Waals surface area contributed by atoms with Gasteiger partial charge in [0.1, 0.15) is 0 Å². The summed E-state index contributed by atoms with van der Waals surface area (Å²) in [6, 6.07) is 7.20. The van der Waals surface area contributed by atoms with Crippen molar-refractivity contribution in [2.75, 3.05) is 11.9 Å². The van der Waals surface area contributed by atoms with Crippen molar-refractivity contribution in [3.63, 3.8) is 0 Å². The molecule has 22 heavy (non-hydrogen) atoms. The predicted molar refractivity (Wildman–Crippen MR) is 85.4 cm³/mol. The Balaban J connectivity index is 1.95. The van der Waals surface area contributed by atoms with E-state index in [1.54, 1.807) is 25.3 Å². The summed E-state index contributed by atoms with van der Waals surface area (Å²) in [5, 5.41) is 16.0. The molecule has 118 valence electrons. The number of hydrogen-bond acceptors (Lipinski definition) is 3. The molecule has 2 aromatic rings. The molecule has 1 aromatic carbocycles. The highest BCUT2D eigenvalue weighted by molar-refractivity contribution is 6.39. The first-order valence-corrected chi connectivity index (χ1v) is 7.18. The van der Waals surface area contributed by atoms with Crippen LogP contribution in [0.25, 0.3) is 10.9 Å². The summed E-state index contributed by atoms with van der Waals surface area (Å²) in [7, 11) is 0. The van der Waals surface area contributed by atoms with Crippen molar-refractivity contribution in [1.29, 1.82) is 0 Å². The number of benzene rings is 1. The zero-order valence-corrected chi connectivity index (χ0v) is 12.9. The van der Waals surface area contributed by atoms with E-state index in [-0.39, 0.29) is 12.5 Å². The molecule has 0 spiro atoms. The molecule has 0 saturated heterocycles. The maximum atomic E-state index is 11.9. The van der Waals surface area contributed by atoms with Gasteiger partial charge in [-0.25, -0.2) is 0 Å². The number of aliphatic hydroxyl groups is 1. The minimum absolute atomic E-state index is 0.0216. The Bertz CT molecular complexity index is 689. The number of anilines is 1. The lowest BCUT2D eigenvalue weighted by Crippen LogP contribution is -2.47. The molecule has 0 fully saturated rings. The van der Waals surface area contributed by atoms with E-state index in [4.69, 9.17) is 0 Å². The molecule has 2 rings (SSSR count). The molecule has 1 aromatic heterocycles. The maximum Gasteiger partial charge on any atom is 0.313 e. The van der Waals surface area contributed by atoms with E-state index in [0.717, 1.165) is 10.9 Å². The van der Waals surface area contributed by atoms with Gasteiger partial charge in [-0.15, -0.1) is 0 Å². The first-order chi connectivity index (χ1) is 10.3. The van der Waals surface area contributed by atoms with Gasteiger partial charge in [-0.1, -0.05) is 13.8 Å². The minimum Gasteiger partial charge on any atom is -0.388 e. The van der Waals surface area contributed by atoms with E-state index in [2.05, 4.69) is 15.6 Å². The quantitative estimate of drug-likeness (QED) is 0.647. The van der Waals surface area contributed by atoms with Crippen LogP contribution < -0.4 is 10.6 Å². The van der Waals surface area contributed by atoms with Gasteiger partial charge in [0.2, 0.25) is 0 Å². The van der Waals surface area contributed by atoms with Gasteiger partial charge < -0.3 is 20.7 Å². The van der Waals surface area contributed by atoms with Gasteiger partial charge in [0.15, 0.2) is 0 Å². The molecule has 4 N–H and O–H groups in total. The van der Waals surface area contributed by atoms with Crippen molar-refractivity contribution in [1.82, 2.24) is 10.3 Å². The number of rotatable bonds is 4. The van der Waals surface area contributed by atoms with Crippen LogP contribution in [-0.2, 0) is 9.59 Å². The van der Waals surface area contributed by atoms with Gasteiger partial charge in [0.25, 0.3) is 0 Å². The minimum atomic E-state index is -1.06. The monoisotopic (exact) mass is 303 g/mol. The number of fused-ring (bicyclic) bond motifs is 1. The lowest BCUT2D eigenvalue weighted by molar-refractivity contribution is -0.137. The highest BCUT2D eigenvalue weighted by Gasteiger charge is 2.26. The average Bonchev–Trinajstić information content (AvgIpc) is 2.92. The van der Waals surface area contributed by atoms with E-state index in [1.807, 2.05) is 26.0 Å². The summed E-state index contributed by atoms with van der Waals surface area (Å²) in [5.41, 5.74) is 0.443. The molecular weight excluding hydrogens is 282 g/mol. The first-order valence-electron chi connectivity index (χ1n) is 7.18. The summed E-state index contributed by atoms with van der Waals surface area (Å²) in [5.74, 6) is -1.56. The summed E-state index contributed by atoms with van der Waals surface area (Å²) in [4.78, 5) is 26.7. The normalized spacial score (nSPS) is 13.9. The molecule has 1 heterocycles. The number of nitrogens with one attached hydrogen (secondary N) is 3. The third kappa shape index (κ3) is 3.65. The molecule has 0 aliphatic heterocycles. The zero-order chi connectivity index (χ0) is 16.3. The van der Waals surface area contributed by atoms with E-state index >= 15 is 0 Å². The number of aromatic amines is 1. The standard InChI is InChI=1S/C16H21N3O3/c1-10(2)16(3,22)9-18-14(20)15(21)19-12-4-5-13-11(8-12)6-7-17-13/h4-8,10,17,22H,9H2,1-3H3,(H,18,20)(H,19,21). The Morgan fingerprint density at radius 3 is 2.68 bits per heavy atom. The van der Waals surface area contributed by atoms with Crippen molar-refractivity contribution in [3.8, 4) is 0 Å². The summed E-state index contributed by atoms with van der Waals surface area (Å²) >= 11 is 0. The van der Waals surface area contributed by atoms with Crippen molar-refractivity contribution >= 4 is 28.4 Å². The number of aromatic nitrogens is 1. The average molecular weight is 303 g/mol. The van der Waals surface area contributed by atoms with Crippen LogP contribution in [0.3, 0.4) is 0 Å². The van der Waals surface area contributed by atoms with Crippen LogP contribution in [-0.4, -0.2) is 34.1 Å². The molecule has 0 saturated carbocycles. The Hall–Kier alpha value is -2.34. The van der Waals surface area contributed by atoms with Crippen LogP contribution in [0.2, 0.25) is 0 Å². The second-order valence-corrected chi connectivity index (χ2v) is 5.93. The Labute approximate surface area is 128 Å². The van der Waals surface area contributed by atoms with Crippen molar-refractivity contribution in [2.24, 2.45) is 5.92 Å². The van der Waals surface area contributed by atoms with E-state index in [0.29, 0.717) is 5.69 Å². The molecule has 6 nitrogen and oxygen atoms in total. The second-order valence-electron chi connectivity index (χ2n) is 5.93. The predicted octanol–water partition coefficient (Wildman–Crippen LogP) is 1.63. The molecule has 0 aliphatic carbocycles. The van der Waals surface area contributed by atoms with Gasteiger partial charge in [-0.3, -0.25) is 9.59 Å². The lowest BCUT2D eigenvalue weighted by Gasteiger charge is -2.27. The molecule has 1 unspecified atom stereocenters. The second kappa shape index (κ2) is 6.19. The van der Waals surface area contributed by atoms with Crippen LogP contribution in [0.15, 0.2) is 30.5 Å². The topological polar surface area (TPSA) is 94.2 Å². The van der Waals surface area contributed by atoms with Gasteiger partial charge >= 0.3 is 11.8 Å². The molecular formula is C16H21N3O3. The number of carbonyl (C=O) groups excluding carboxylic acids is 2. The Morgan fingerprint density at radius 2 is 2.00 bits per heavy atom. The highest BCUT2D eigenvalue weighted by atomic mass is 16.3. The van der Waals surface area contributed by atoms with Crippen LogP contribution in [0, 0.1) is 5.92 Å². The van der Waals surface area contributed by atoms with Gasteiger partial charge in [0.05, 0.1) is 5.60 Å². The Morgan fingerprint density at radius 1 is 1.27 bits per heavy atom. The largest absolute Gasteiger partial charge is 0.388 e. The van der Waals surface area contributed by atoms with E-state index < -0.39 is 17.4 Å². The lowest BCUT2D eigenvalue weighted by atomic mass is 9.92. The van der Waals surface area contributed by atoms with Crippen LogP contribution >= 0.6 is 0 Å². The van der Waals surface area contributed by atoms with Crippen LogP contribution in [0.1, 0.15) is 20.8 Å². The first kappa shape index (κ1) is 16.0. The number of carbonyl (C=O) groups is 2. The molecule has 0 aliphatic rings. The Kier molecular flexibility index (Phi) is 4.51. The highest BCUT2D eigenvalue weighted by Crippen LogP contribution is 2.18. The van der Waals surface area contributed by atoms with Crippen molar-refractivity contribution < 1.29 is 14.7 Å². The fourth-order valence-corrected chi connectivity index (χ4v) is 1.86.